The number of aryl methyl sites for hydroxylation is 1. The number of thiocarbonyl (C=S) groups is 1. The Hall–Kier alpha value is -4.08. The molecule has 2 aromatic carbocycles. The molecule has 3 aromatic heterocycles. The van der Waals surface area contributed by atoms with E-state index in [1.807, 2.05) is 79.9 Å². The number of pyridine rings is 1. The summed E-state index contributed by atoms with van der Waals surface area (Å²) >= 11 is 7.46. The zero-order valence-corrected chi connectivity index (χ0v) is 22.4. The second kappa shape index (κ2) is 10.4. The number of hydrogen-bond donors (Lipinski definition) is 2. The normalized spacial score (nSPS) is 17.1. The molecular formula is C29H26N6OS2. The Bertz CT molecular complexity index is 1580. The van der Waals surface area contributed by atoms with E-state index in [0.717, 1.165) is 38.0 Å². The van der Waals surface area contributed by atoms with Crippen LogP contribution in [0.25, 0.3) is 15.3 Å². The molecule has 2 atom stereocenters. The van der Waals surface area contributed by atoms with Gasteiger partial charge in [-0.1, -0.05) is 47.7 Å². The third-order valence-electron chi connectivity index (χ3n) is 6.77. The molecule has 9 heteroatoms. The number of benzene rings is 2. The monoisotopic (exact) mass is 538 g/mol. The van der Waals surface area contributed by atoms with Crippen molar-refractivity contribution in [3.63, 3.8) is 0 Å². The fourth-order valence-electron chi connectivity index (χ4n) is 4.89. The number of nitrogens with one attached hydrogen (secondary N) is 2. The number of aromatic nitrogens is 3. The first-order valence-electron chi connectivity index (χ1n) is 12.5. The van der Waals surface area contributed by atoms with Crippen LogP contribution in [0.1, 0.15) is 35.5 Å². The summed E-state index contributed by atoms with van der Waals surface area (Å²) in [6.07, 6.45) is 4.12. The maximum atomic E-state index is 12.9. The van der Waals surface area contributed by atoms with Crippen molar-refractivity contribution in [2.24, 2.45) is 0 Å². The highest BCUT2D eigenvalue weighted by Crippen LogP contribution is 2.40. The van der Waals surface area contributed by atoms with Gasteiger partial charge in [0.15, 0.2) is 10.2 Å². The summed E-state index contributed by atoms with van der Waals surface area (Å²) < 4.78 is 3.26. The second-order valence-corrected chi connectivity index (χ2v) is 10.6. The molecule has 1 fully saturated rings. The highest BCUT2D eigenvalue weighted by molar-refractivity contribution is 7.80. The Balaban J connectivity index is 1.32. The maximum absolute atomic E-state index is 12.9. The number of carbonyl (C=O) groups excluding carboxylic acids is 1. The minimum Gasteiger partial charge on any atom is -0.352 e. The van der Waals surface area contributed by atoms with E-state index in [-0.39, 0.29) is 18.0 Å². The van der Waals surface area contributed by atoms with Crippen molar-refractivity contribution >= 4 is 50.5 Å². The van der Waals surface area contributed by atoms with Gasteiger partial charge in [0.05, 0.1) is 33.7 Å². The number of nitrogens with zero attached hydrogens (tertiary/aromatic N) is 4. The Morgan fingerprint density at radius 2 is 1.87 bits per heavy atom. The molecule has 1 aliphatic heterocycles. The van der Waals surface area contributed by atoms with Crippen molar-refractivity contribution in [2.45, 2.75) is 25.4 Å². The van der Waals surface area contributed by atoms with Gasteiger partial charge in [-0.05, 0) is 67.2 Å². The molecule has 0 saturated carbocycles. The summed E-state index contributed by atoms with van der Waals surface area (Å²) in [5, 5.41) is 8.01. The molecule has 0 unspecified atom stereocenters. The molecular weight excluding hydrogens is 512 g/mol. The Labute approximate surface area is 230 Å². The van der Waals surface area contributed by atoms with Crippen LogP contribution in [-0.4, -0.2) is 37.0 Å². The van der Waals surface area contributed by atoms with Crippen LogP contribution in [0.5, 0.6) is 0 Å². The van der Waals surface area contributed by atoms with Crippen molar-refractivity contribution in [1.82, 2.24) is 24.8 Å². The van der Waals surface area contributed by atoms with Crippen LogP contribution in [-0.2, 0) is 4.79 Å². The summed E-state index contributed by atoms with van der Waals surface area (Å²) in [6.45, 7) is 2.45. The van der Waals surface area contributed by atoms with Crippen LogP contribution in [0.4, 0.5) is 5.69 Å². The van der Waals surface area contributed by atoms with Gasteiger partial charge in [0.1, 0.15) is 0 Å². The molecule has 1 saturated heterocycles. The number of para-hydroxylation sites is 2. The average Bonchev–Trinajstić information content (AvgIpc) is 3.65. The standard InChI is InChI=1S/C29H26N6OS2/c1-19-9-2-3-10-20(19)31-25(36)15-18-35-27(26(33-28(35)37)22-12-6-7-16-30-22)23-13-8-17-34(23)29-32-21-11-4-5-14-24(21)38-29/h2-14,16-17,26-27H,15,18H2,1H3,(H,31,36)(H,33,37)/t26-,27+/m1/s1. The lowest BCUT2D eigenvalue weighted by atomic mass is 10.0. The predicted molar refractivity (Wildman–Crippen MR) is 156 cm³/mol. The number of carbonyl (C=O) groups is 1. The number of amides is 1. The lowest BCUT2D eigenvalue weighted by Crippen LogP contribution is -2.33. The molecule has 6 rings (SSSR count). The molecule has 0 radical (unpaired) electrons. The average molecular weight is 539 g/mol. The molecule has 5 aromatic rings. The van der Waals surface area contributed by atoms with Gasteiger partial charge >= 0.3 is 0 Å². The largest absolute Gasteiger partial charge is 0.352 e. The van der Waals surface area contributed by atoms with E-state index in [1.54, 1.807) is 17.5 Å². The van der Waals surface area contributed by atoms with Gasteiger partial charge in [-0.2, -0.15) is 0 Å². The highest BCUT2D eigenvalue weighted by atomic mass is 32.1. The van der Waals surface area contributed by atoms with Crippen LogP contribution in [0.3, 0.4) is 0 Å². The van der Waals surface area contributed by atoms with E-state index >= 15 is 0 Å². The van der Waals surface area contributed by atoms with Gasteiger partial charge in [-0.3, -0.25) is 14.3 Å². The Morgan fingerprint density at radius 1 is 1.05 bits per heavy atom. The Kier molecular flexibility index (Phi) is 6.61. The summed E-state index contributed by atoms with van der Waals surface area (Å²) in [5.41, 5.74) is 4.75. The SMILES string of the molecule is Cc1ccccc1NC(=O)CCN1C(=S)N[C@H](c2ccccn2)[C@@H]1c1cccn1-c1nc2ccccc2s1. The van der Waals surface area contributed by atoms with E-state index in [2.05, 4.69) is 37.2 Å². The molecule has 0 aliphatic carbocycles. The van der Waals surface area contributed by atoms with Crippen molar-refractivity contribution in [1.29, 1.82) is 0 Å². The van der Waals surface area contributed by atoms with Gasteiger partial charge in [0, 0.05) is 31.0 Å². The van der Waals surface area contributed by atoms with E-state index in [9.17, 15) is 4.79 Å². The third-order valence-corrected chi connectivity index (χ3v) is 8.16. The van der Waals surface area contributed by atoms with E-state index in [0.29, 0.717) is 18.1 Å². The number of rotatable bonds is 7. The van der Waals surface area contributed by atoms with Gasteiger partial charge in [0.2, 0.25) is 5.91 Å². The Morgan fingerprint density at radius 3 is 2.68 bits per heavy atom. The first kappa shape index (κ1) is 24.3. The molecule has 190 valence electrons. The van der Waals surface area contributed by atoms with Crippen LogP contribution in [0.2, 0.25) is 0 Å². The van der Waals surface area contributed by atoms with Crippen molar-refractivity contribution in [3.8, 4) is 5.13 Å². The fourth-order valence-corrected chi connectivity index (χ4v) is 6.19. The summed E-state index contributed by atoms with van der Waals surface area (Å²) in [6, 6.07) is 25.6. The quantitative estimate of drug-likeness (QED) is 0.256. The topological polar surface area (TPSA) is 75.1 Å². The second-order valence-electron chi connectivity index (χ2n) is 9.20. The third kappa shape index (κ3) is 4.66. The van der Waals surface area contributed by atoms with Crippen molar-refractivity contribution in [2.75, 3.05) is 11.9 Å². The van der Waals surface area contributed by atoms with E-state index < -0.39 is 0 Å². The fraction of sp³-hybridized carbons (Fsp3) is 0.172. The molecule has 7 nitrogen and oxygen atoms in total. The molecule has 38 heavy (non-hydrogen) atoms. The molecule has 0 spiro atoms. The van der Waals surface area contributed by atoms with Gasteiger partial charge in [-0.15, -0.1) is 0 Å². The van der Waals surface area contributed by atoms with Gasteiger partial charge < -0.3 is 15.5 Å². The summed E-state index contributed by atoms with van der Waals surface area (Å²) in [7, 11) is 0. The maximum Gasteiger partial charge on any atom is 0.226 e. The zero-order valence-electron chi connectivity index (χ0n) is 20.7. The summed E-state index contributed by atoms with van der Waals surface area (Å²) in [5.74, 6) is -0.0521. The molecule has 4 heterocycles. The molecule has 2 N–H and O–H groups in total. The predicted octanol–water partition coefficient (Wildman–Crippen LogP) is 5.79. The van der Waals surface area contributed by atoms with Crippen LogP contribution >= 0.6 is 23.6 Å². The molecule has 1 aliphatic rings. The van der Waals surface area contributed by atoms with E-state index in [1.165, 1.54) is 0 Å². The van der Waals surface area contributed by atoms with E-state index in [4.69, 9.17) is 17.2 Å². The minimum atomic E-state index is -0.175. The first-order chi connectivity index (χ1) is 18.6. The number of thiazole rings is 1. The van der Waals surface area contributed by atoms with Crippen molar-refractivity contribution < 1.29 is 4.79 Å². The highest BCUT2D eigenvalue weighted by Gasteiger charge is 2.41. The van der Waals surface area contributed by atoms with Gasteiger partial charge in [0.25, 0.3) is 0 Å². The summed E-state index contributed by atoms with van der Waals surface area (Å²) in [4.78, 5) is 24.6. The van der Waals surface area contributed by atoms with Gasteiger partial charge in [-0.25, -0.2) is 4.98 Å². The zero-order chi connectivity index (χ0) is 26.1. The lowest BCUT2D eigenvalue weighted by Gasteiger charge is -2.28. The number of hydrogen-bond acceptors (Lipinski definition) is 5. The van der Waals surface area contributed by atoms with Crippen LogP contribution in [0.15, 0.2) is 91.3 Å². The molecule has 0 bridgehead atoms. The number of fused-ring (bicyclic) bond motifs is 1. The van der Waals surface area contributed by atoms with Crippen LogP contribution < -0.4 is 10.6 Å². The number of anilines is 1. The minimum absolute atomic E-state index is 0.0521. The molecule has 1 amide bonds. The lowest BCUT2D eigenvalue weighted by molar-refractivity contribution is -0.116. The smallest absolute Gasteiger partial charge is 0.226 e. The first-order valence-corrected chi connectivity index (χ1v) is 13.7. The van der Waals surface area contributed by atoms with Crippen molar-refractivity contribution in [3.05, 3.63) is 108 Å². The van der Waals surface area contributed by atoms with Crippen LogP contribution in [0, 0.1) is 6.92 Å².